The van der Waals surface area contributed by atoms with Crippen LogP contribution in [-0.2, 0) is 0 Å². The second kappa shape index (κ2) is 6.06. The lowest BCUT2D eigenvalue weighted by Crippen LogP contribution is -1.90. The van der Waals surface area contributed by atoms with Crippen LogP contribution in [-0.4, -0.2) is 6.26 Å². The van der Waals surface area contributed by atoms with Crippen molar-refractivity contribution in [2.45, 2.75) is 4.90 Å². The van der Waals surface area contributed by atoms with Crippen molar-refractivity contribution < 1.29 is 0 Å². The van der Waals surface area contributed by atoms with Crippen LogP contribution in [0.15, 0.2) is 77.7 Å². The number of anilines is 1. The Bertz CT molecular complexity index is 733. The number of hydrogen-bond acceptors (Lipinski definition) is 2. The Morgan fingerprint density at radius 2 is 1.38 bits per heavy atom. The van der Waals surface area contributed by atoms with Gasteiger partial charge in [0.05, 0.1) is 0 Å². The van der Waals surface area contributed by atoms with Gasteiger partial charge in [-0.25, -0.2) is 0 Å². The highest BCUT2D eigenvalue weighted by Gasteiger charge is 2.08. The molecule has 3 aromatic rings. The summed E-state index contributed by atoms with van der Waals surface area (Å²) in [6, 6.07) is 25.2. The molecule has 0 saturated carbocycles. The lowest BCUT2D eigenvalue weighted by molar-refractivity contribution is 1.46. The van der Waals surface area contributed by atoms with Crippen molar-refractivity contribution in [3.8, 4) is 22.3 Å². The molecule has 0 aromatic heterocycles. The quantitative estimate of drug-likeness (QED) is 0.521. The third kappa shape index (κ3) is 2.96. The highest BCUT2D eigenvalue weighted by Crippen LogP contribution is 2.34. The number of nitrogens with two attached hydrogens (primary N) is 1. The van der Waals surface area contributed by atoms with Crippen LogP contribution in [0, 0.1) is 0 Å². The molecule has 1 nitrogen and oxygen atoms in total. The first-order chi connectivity index (χ1) is 10.3. The SMILES string of the molecule is CSc1ccc(-c2cc(N)ccc2-c2ccccc2)cc1. The van der Waals surface area contributed by atoms with E-state index in [0.717, 1.165) is 5.69 Å². The van der Waals surface area contributed by atoms with Crippen LogP contribution >= 0.6 is 11.8 Å². The Labute approximate surface area is 129 Å². The summed E-state index contributed by atoms with van der Waals surface area (Å²) in [7, 11) is 0. The van der Waals surface area contributed by atoms with Gasteiger partial charge >= 0.3 is 0 Å². The summed E-state index contributed by atoms with van der Waals surface area (Å²) in [5.74, 6) is 0. The maximum Gasteiger partial charge on any atom is 0.0320 e. The maximum atomic E-state index is 5.99. The summed E-state index contributed by atoms with van der Waals surface area (Å²) in [5, 5.41) is 0. The lowest BCUT2D eigenvalue weighted by Gasteiger charge is -2.12. The highest BCUT2D eigenvalue weighted by atomic mass is 32.2. The Kier molecular flexibility index (Phi) is 3.98. The van der Waals surface area contributed by atoms with Gasteiger partial charge in [-0.3, -0.25) is 0 Å². The number of benzene rings is 3. The zero-order chi connectivity index (χ0) is 14.7. The van der Waals surface area contributed by atoms with Gasteiger partial charge in [-0.2, -0.15) is 0 Å². The molecule has 0 radical (unpaired) electrons. The van der Waals surface area contributed by atoms with Crippen molar-refractivity contribution >= 4 is 17.4 Å². The molecule has 104 valence electrons. The Morgan fingerprint density at radius 3 is 2.05 bits per heavy atom. The van der Waals surface area contributed by atoms with Gasteiger partial charge in [-0.05, 0) is 52.8 Å². The Morgan fingerprint density at radius 1 is 0.714 bits per heavy atom. The minimum Gasteiger partial charge on any atom is -0.399 e. The van der Waals surface area contributed by atoms with E-state index in [2.05, 4.69) is 66.9 Å². The maximum absolute atomic E-state index is 5.99. The molecule has 0 bridgehead atoms. The van der Waals surface area contributed by atoms with Crippen LogP contribution in [0.2, 0.25) is 0 Å². The average Bonchev–Trinajstić information content (AvgIpc) is 2.56. The van der Waals surface area contributed by atoms with Crippen LogP contribution < -0.4 is 5.73 Å². The van der Waals surface area contributed by atoms with Crippen molar-refractivity contribution in [2.24, 2.45) is 0 Å². The molecular weight excluding hydrogens is 274 g/mol. The van der Waals surface area contributed by atoms with Crippen LogP contribution in [0.4, 0.5) is 5.69 Å². The molecule has 0 spiro atoms. The molecule has 0 aliphatic rings. The predicted octanol–water partition coefficient (Wildman–Crippen LogP) is 5.32. The monoisotopic (exact) mass is 291 g/mol. The zero-order valence-corrected chi connectivity index (χ0v) is 12.7. The lowest BCUT2D eigenvalue weighted by atomic mass is 9.94. The first kappa shape index (κ1) is 13.8. The fourth-order valence-corrected chi connectivity index (χ4v) is 2.85. The van der Waals surface area contributed by atoms with Crippen LogP contribution in [0.3, 0.4) is 0 Å². The minimum absolute atomic E-state index is 0.790. The first-order valence-electron chi connectivity index (χ1n) is 6.87. The number of nitrogen functional groups attached to an aromatic ring is 1. The summed E-state index contributed by atoms with van der Waals surface area (Å²) < 4.78 is 0. The number of hydrogen-bond donors (Lipinski definition) is 1. The van der Waals surface area contributed by atoms with Gasteiger partial charge in [-0.1, -0.05) is 48.5 Å². The first-order valence-corrected chi connectivity index (χ1v) is 8.10. The molecule has 0 atom stereocenters. The minimum atomic E-state index is 0.790. The summed E-state index contributed by atoms with van der Waals surface area (Å²) in [4.78, 5) is 1.27. The van der Waals surface area contributed by atoms with E-state index < -0.39 is 0 Å². The normalized spacial score (nSPS) is 10.5. The van der Waals surface area contributed by atoms with E-state index in [0.29, 0.717) is 0 Å². The molecule has 0 aliphatic heterocycles. The van der Waals surface area contributed by atoms with Crippen LogP contribution in [0.1, 0.15) is 0 Å². The predicted molar refractivity (Wildman–Crippen MR) is 93.5 cm³/mol. The molecule has 3 aromatic carbocycles. The van der Waals surface area contributed by atoms with Crippen molar-refractivity contribution in [1.29, 1.82) is 0 Å². The van der Waals surface area contributed by atoms with Gasteiger partial charge in [0.25, 0.3) is 0 Å². The van der Waals surface area contributed by atoms with Crippen LogP contribution in [0.25, 0.3) is 22.3 Å². The molecule has 21 heavy (non-hydrogen) atoms. The summed E-state index contributed by atoms with van der Waals surface area (Å²) in [6.07, 6.45) is 2.09. The molecule has 2 N–H and O–H groups in total. The van der Waals surface area contributed by atoms with E-state index in [1.807, 2.05) is 12.1 Å². The third-order valence-electron chi connectivity index (χ3n) is 3.53. The average molecular weight is 291 g/mol. The van der Waals surface area contributed by atoms with Crippen molar-refractivity contribution in [1.82, 2.24) is 0 Å². The van der Waals surface area contributed by atoms with Gasteiger partial charge in [0.2, 0.25) is 0 Å². The van der Waals surface area contributed by atoms with Crippen LogP contribution in [0.5, 0.6) is 0 Å². The molecular formula is C19H17NS. The zero-order valence-electron chi connectivity index (χ0n) is 11.9. The molecule has 0 amide bonds. The molecule has 0 fully saturated rings. The molecule has 2 heteroatoms. The van der Waals surface area contributed by atoms with Crippen molar-refractivity contribution in [2.75, 3.05) is 12.0 Å². The van der Waals surface area contributed by atoms with E-state index >= 15 is 0 Å². The third-order valence-corrected chi connectivity index (χ3v) is 4.27. The number of thioether (sulfide) groups is 1. The highest BCUT2D eigenvalue weighted by molar-refractivity contribution is 7.98. The fourth-order valence-electron chi connectivity index (χ4n) is 2.44. The van der Waals surface area contributed by atoms with E-state index in [4.69, 9.17) is 5.73 Å². The van der Waals surface area contributed by atoms with Gasteiger partial charge < -0.3 is 5.73 Å². The van der Waals surface area contributed by atoms with Gasteiger partial charge in [0.15, 0.2) is 0 Å². The Hall–Kier alpha value is -2.19. The van der Waals surface area contributed by atoms with Crippen molar-refractivity contribution in [3.63, 3.8) is 0 Å². The summed E-state index contributed by atoms with van der Waals surface area (Å²) >= 11 is 1.75. The molecule has 0 aliphatic carbocycles. The second-order valence-electron chi connectivity index (χ2n) is 4.90. The molecule has 0 saturated heterocycles. The molecule has 0 heterocycles. The van der Waals surface area contributed by atoms with E-state index in [9.17, 15) is 0 Å². The van der Waals surface area contributed by atoms with Gasteiger partial charge in [0, 0.05) is 10.6 Å². The largest absolute Gasteiger partial charge is 0.399 e. The smallest absolute Gasteiger partial charge is 0.0320 e. The summed E-state index contributed by atoms with van der Waals surface area (Å²) in [6.45, 7) is 0. The fraction of sp³-hybridized carbons (Fsp3) is 0.0526. The van der Waals surface area contributed by atoms with Crippen molar-refractivity contribution in [3.05, 3.63) is 72.8 Å². The Balaban J connectivity index is 2.14. The van der Waals surface area contributed by atoms with E-state index in [1.54, 1.807) is 11.8 Å². The standard InChI is InChI=1S/C19H17NS/c1-21-17-10-7-15(8-11-17)19-13-16(20)9-12-18(19)14-5-3-2-4-6-14/h2-13H,20H2,1H3. The summed E-state index contributed by atoms with van der Waals surface area (Å²) in [5.41, 5.74) is 11.6. The van der Waals surface area contributed by atoms with Gasteiger partial charge in [0.1, 0.15) is 0 Å². The van der Waals surface area contributed by atoms with Gasteiger partial charge in [-0.15, -0.1) is 11.8 Å². The van der Waals surface area contributed by atoms with E-state index in [-0.39, 0.29) is 0 Å². The van der Waals surface area contributed by atoms with E-state index in [1.165, 1.54) is 27.1 Å². The molecule has 3 rings (SSSR count). The topological polar surface area (TPSA) is 26.0 Å². The second-order valence-corrected chi connectivity index (χ2v) is 5.78. The number of rotatable bonds is 3. The molecule has 0 unspecified atom stereocenters.